The largest absolute Gasteiger partial charge is 0.478 e. The first-order chi connectivity index (χ1) is 25.2. The molecule has 0 radical (unpaired) electrons. The number of fused-ring (bicyclic) bond motifs is 7. The van der Waals surface area contributed by atoms with Gasteiger partial charge in [-0.25, -0.2) is 13.2 Å². The topological polar surface area (TPSA) is 89.9 Å². The second-order valence-electron chi connectivity index (χ2n) is 18.7. The number of hydrogen-bond acceptors (Lipinski definition) is 5. The highest BCUT2D eigenvalue weighted by molar-refractivity contribution is 7.89. The van der Waals surface area contributed by atoms with Gasteiger partial charge < -0.3 is 10.4 Å². The smallest absolute Gasteiger partial charge is 0.335 e. The highest BCUT2D eigenvalue weighted by Crippen LogP contribution is 2.72. The van der Waals surface area contributed by atoms with Gasteiger partial charge in [-0.2, -0.15) is 4.31 Å². The van der Waals surface area contributed by atoms with E-state index in [0.29, 0.717) is 39.9 Å². The van der Waals surface area contributed by atoms with Crippen LogP contribution in [0.4, 0.5) is 0 Å². The van der Waals surface area contributed by atoms with Gasteiger partial charge in [-0.05, 0) is 151 Å². The van der Waals surface area contributed by atoms with Crippen LogP contribution in [0, 0.1) is 45.8 Å². The molecule has 6 aliphatic rings. The Morgan fingerprint density at radius 3 is 2.25 bits per heavy atom. The predicted octanol–water partition coefficient (Wildman–Crippen LogP) is 8.85. The van der Waals surface area contributed by atoms with Crippen LogP contribution in [0.1, 0.15) is 108 Å². The first-order valence-corrected chi connectivity index (χ1v) is 22.3. The molecule has 53 heavy (non-hydrogen) atoms. The van der Waals surface area contributed by atoms with E-state index in [1.54, 1.807) is 40.7 Å². The SMILES string of the molecule is CC1(C)C(c2ccc(C(=O)O)cc2)=CC[C@@]2(C)C1CC[C@@]1(C)C3CC[C@@]4(NCCN5CCN(S(=O)(=O)c6ccc(Cl)cc6)CC5)CCCC4[C@H]3CCC12. The molecule has 288 valence electrons. The Labute approximate surface area is 323 Å². The van der Waals surface area contributed by atoms with Crippen molar-refractivity contribution >= 4 is 33.2 Å². The van der Waals surface area contributed by atoms with E-state index in [-0.39, 0.29) is 16.4 Å². The van der Waals surface area contributed by atoms with Crippen LogP contribution in [-0.2, 0) is 10.0 Å². The van der Waals surface area contributed by atoms with Gasteiger partial charge in [0.25, 0.3) is 0 Å². The van der Waals surface area contributed by atoms with Crippen LogP contribution in [0.2, 0.25) is 5.02 Å². The Balaban J connectivity index is 0.912. The first-order valence-electron chi connectivity index (χ1n) is 20.5. The molecule has 2 aromatic rings. The number of allylic oxidation sites excluding steroid dienone is 2. The fraction of sp³-hybridized carbons (Fsp3) is 0.659. The van der Waals surface area contributed by atoms with Gasteiger partial charge in [-0.3, -0.25) is 4.90 Å². The number of rotatable bonds is 8. The Bertz CT molecular complexity index is 1840. The van der Waals surface area contributed by atoms with Crippen molar-refractivity contribution in [1.29, 1.82) is 0 Å². The number of carboxylic acid groups (broad SMARTS) is 1. The summed E-state index contributed by atoms with van der Waals surface area (Å²) in [5.74, 6) is 2.83. The lowest BCUT2D eigenvalue weighted by Gasteiger charge is -2.68. The van der Waals surface area contributed by atoms with Gasteiger partial charge in [0.15, 0.2) is 0 Å². The average Bonchev–Trinajstić information content (AvgIpc) is 3.56. The van der Waals surface area contributed by atoms with Gasteiger partial charge in [0.1, 0.15) is 0 Å². The van der Waals surface area contributed by atoms with Crippen LogP contribution in [0.15, 0.2) is 59.5 Å². The van der Waals surface area contributed by atoms with Gasteiger partial charge in [-0.1, -0.05) is 63.9 Å². The Morgan fingerprint density at radius 2 is 1.55 bits per heavy atom. The molecule has 0 spiro atoms. The van der Waals surface area contributed by atoms with Gasteiger partial charge in [0, 0.05) is 49.8 Å². The molecule has 1 saturated heterocycles. The van der Waals surface area contributed by atoms with E-state index in [1.807, 2.05) is 12.1 Å². The molecule has 8 rings (SSSR count). The third-order valence-corrected chi connectivity index (χ3v) is 18.4. The van der Waals surface area contributed by atoms with E-state index in [2.05, 4.69) is 44.0 Å². The number of nitrogens with one attached hydrogen (secondary N) is 1. The zero-order valence-corrected chi connectivity index (χ0v) is 33.8. The minimum atomic E-state index is -3.50. The Morgan fingerprint density at radius 1 is 0.830 bits per heavy atom. The molecule has 2 N–H and O–H groups in total. The number of nitrogens with zero attached hydrogens (tertiary/aromatic N) is 2. The molecule has 4 saturated carbocycles. The Kier molecular flexibility index (Phi) is 9.78. The summed E-state index contributed by atoms with van der Waals surface area (Å²) in [7, 11) is -3.50. The summed E-state index contributed by atoms with van der Waals surface area (Å²) in [4.78, 5) is 14.3. The van der Waals surface area contributed by atoms with Crippen LogP contribution < -0.4 is 5.32 Å². The standard InChI is InChI=1S/C44H60ClN3O4S/c1-41(2)35(30-7-9-31(10-8-30)40(49)50)17-21-43(4)38(41)19-22-42(3)36-18-23-44(20-5-6-37(44)34(36)15-16-39(42)43)46-24-25-47-26-28-48(29-27-47)53(51,52)33-13-11-32(45)12-14-33/h7-14,17,34,36-39,46H,5-6,15-16,18-29H2,1-4H3,(H,49,50)/t34-,36?,37?,38?,39?,42-,43-,44-/m0/s1. The first kappa shape index (κ1) is 37.7. The maximum absolute atomic E-state index is 13.2. The summed E-state index contributed by atoms with van der Waals surface area (Å²) in [6.45, 7) is 14.8. The zero-order valence-electron chi connectivity index (χ0n) is 32.2. The normalized spacial score (nSPS) is 37.2. The van der Waals surface area contributed by atoms with Crippen molar-refractivity contribution in [3.63, 3.8) is 0 Å². The number of benzene rings is 2. The minimum Gasteiger partial charge on any atom is -0.478 e. The molecular weight excluding hydrogens is 702 g/mol. The van der Waals surface area contributed by atoms with Gasteiger partial charge in [0.05, 0.1) is 10.5 Å². The molecule has 8 atom stereocenters. The Hall–Kier alpha value is -2.23. The van der Waals surface area contributed by atoms with E-state index < -0.39 is 16.0 Å². The van der Waals surface area contributed by atoms with E-state index in [9.17, 15) is 18.3 Å². The van der Waals surface area contributed by atoms with Gasteiger partial charge >= 0.3 is 5.97 Å². The van der Waals surface area contributed by atoms with Crippen molar-refractivity contribution in [2.75, 3.05) is 39.3 Å². The molecule has 1 heterocycles. The molecule has 1 aliphatic heterocycles. The summed E-state index contributed by atoms with van der Waals surface area (Å²) >= 11 is 6.00. The molecule has 5 aliphatic carbocycles. The number of hydrogen-bond donors (Lipinski definition) is 2. The summed E-state index contributed by atoms with van der Waals surface area (Å²) in [6.07, 6.45) is 15.6. The van der Waals surface area contributed by atoms with Gasteiger partial charge in [-0.15, -0.1) is 0 Å². The van der Waals surface area contributed by atoms with Crippen LogP contribution in [0.3, 0.4) is 0 Å². The highest BCUT2D eigenvalue weighted by atomic mass is 35.5. The predicted molar refractivity (Wildman–Crippen MR) is 212 cm³/mol. The molecule has 0 bridgehead atoms. The second-order valence-corrected chi connectivity index (χ2v) is 21.1. The zero-order chi connectivity index (χ0) is 37.4. The summed E-state index contributed by atoms with van der Waals surface area (Å²) in [5.41, 5.74) is 3.87. The van der Waals surface area contributed by atoms with E-state index in [1.165, 1.54) is 68.9 Å². The second kappa shape index (κ2) is 13.8. The van der Waals surface area contributed by atoms with E-state index in [0.717, 1.165) is 56.3 Å². The maximum atomic E-state index is 13.2. The van der Waals surface area contributed by atoms with Crippen LogP contribution in [-0.4, -0.2) is 73.5 Å². The van der Waals surface area contributed by atoms with Crippen molar-refractivity contribution in [3.05, 3.63) is 70.8 Å². The third-order valence-electron chi connectivity index (χ3n) is 16.2. The fourth-order valence-electron chi connectivity index (χ4n) is 13.8. The number of piperazine rings is 1. The average molecular weight is 763 g/mol. The number of aromatic carboxylic acids is 1. The lowest BCUT2D eigenvalue weighted by molar-refractivity contribution is -0.172. The molecule has 7 nitrogen and oxygen atoms in total. The lowest BCUT2D eigenvalue weighted by atomic mass is 9.37. The maximum Gasteiger partial charge on any atom is 0.335 e. The number of carboxylic acids is 1. The molecule has 9 heteroatoms. The molecule has 2 aromatic carbocycles. The fourth-order valence-corrected chi connectivity index (χ4v) is 15.4. The molecule has 0 aromatic heterocycles. The number of halogens is 1. The van der Waals surface area contributed by atoms with Crippen molar-refractivity contribution in [3.8, 4) is 0 Å². The quantitative estimate of drug-likeness (QED) is 0.280. The summed E-state index contributed by atoms with van der Waals surface area (Å²) < 4.78 is 28.1. The number of sulfonamides is 1. The van der Waals surface area contributed by atoms with Crippen molar-refractivity contribution in [2.24, 2.45) is 45.8 Å². The van der Waals surface area contributed by atoms with Crippen molar-refractivity contribution < 1.29 is 18.3 Å². The lowest BCUT2D eigenvalue weighted by Crippen LogP contribution is -2.64. The van der Waals surface area contributed by atoms with Crippen LogP contribution in [0.5, 0.6) is 0 Å². The molecular formula is C44H60ClN3O4S. The van der Waals surface area contributed by atoms with E-state index in [4.69, 9.17) is 11.6 Å². The van der Waals surface area contributed by atoms with Crippen LogP contribution >= 0.6 is 11.6 Å². The molecule has 4 unspecified atom stereocenters. The monoisotopic (exact) mass is 761 g/mol. The summed E-state index contributed by atoms with van der Waals surface area (Å²) in [6, 6.07) is 14.1. The third kappa shape index (κ3) is 6.25. The van der Waals surface area contributed by atoms with Crippen LogP contribution in [0.25, 0.3) is 5.57 Å². The minimum absolute atomic E-state index is 0.0323. The highest BCUT2D eigenvalue weighted by Gasteiger charge is 2.65. The van der Waals surface area contributed by atoms with E-state index >= 15 is 0 Å². The van der Waals surface area contributed by atoms with Crippen molar-refractivity contribution in [1.82, 2.24) is 14.5 Å². The number of carbonyl (C=O) groups is 1. The molecule has 0 amide bonds. The van der Waals surface area contributed by atoms with Gasteiger partial charge in [0.2, 0.25) is 10.0 Å². The molecule has 5 fully saturated rings. The van der Waals surface area contributed by atoms with Crippen molar-refractivity contribution in [2.45, 2.75) is 102 Å². The summed E-state index contributed by atoms with van der Waals surface area (Å²) in [5, 5.41) is 14.2.